The van der Waals surface area contributed by atoms with Crippen molar-refractivity contribution in [1.29, 1.82) is 0 Å². The van der Waals surface area contributed by atoms with Gasteiger partial charge in [-0.15, -0.1) is 10.2 Å². The predicted molar refractivity (Wildman–Crippen MR) is 254 cm³/mol. The Hall–Kier alpha value is -8.48. The topological polar surface area (TPSA) is 53.7 Å². The van der Waals surface area contributed by atoms with Crippen molar-refractivity contribution in [2.24, 2.45) is 0 Å². The molecule has 9 aromatic carbocycles. The van der Waals surface area contributed by atoms with E-state index < -0.39 is 0 Å². The number of hydrogen-bond acceptors (Lipinski definition) is 3. The SMILES string of the molecule is c1ccc(-c2nnc(-c3ccccc3)n2-c2ccc3c(c2)c2ccccc2n3-c2cccc(-c3cccc(-n4c5ccccc5c5c6oc7ccccc7c6ccc54)c3)c2)cc1. The van der Waals surface area contributed by atoms with Gasteiger partial charge in [0.15, 0.2) is 11.6 Å². The quantitative estimate of drug-likeness (QED) is 0.168. The van der Waals surface area contributed by atoms with Crippen LogP contribution in [0.4, 0.5) is 0 Å². The Morgan fingerprint density at radius 2 is 0.806 bits per heavy atom. The monoisotopic (exact) mass is 793 g/mol. The van der Waals surface area contributed by atoms with Crippen LogP contribution in [0.1, 0.15) is 0 Å². The summed E-state index contributed by atoms with van der Waals surface area (Å²) in [5.74, 6) is 1.59. The first-order chi connectivity index (χ1) is 30.8. The third-order valence-electron chi connectivity index (χ3n) is 12.4. The van der Waals surface area contributed by atoms with Gasteiger partial charge in [0, 0.05) is 49.4 Å². The molecule has 0 aliphatic heterocycles. The van der Waals surface area contributed by atoms with Gasteiger partial charge >= 0.3 is 0 Å². The molecule has 0 saturated carbocycles. The van der Waals surface area contributed by atoms with E-state index in [9.17, 15) is 0 Å². The van der Waals surface area contributed by atoms with Crippen molar-refractivity contribution in [2.45, 2.75) is 0 Å². The fourth-order valence-corrected chi connectivity index (χ4v) is 9.62. The Morgan fingerprint density at radius 1 is 0.306 bits per heavy atom. The van der Waals surface area contributed by atoms with Crippen molar-refractivity contribution < 1.29 is 4.42 Å². The first kappa shape index (κ1) is 34.4. The number of fused-ring (bicyclic) bond motifs is 10. The first-order valence-electron chi connectivity index (χ1n) is 20.9. The molecule has 6 heteroatoms. The maximum absolute atomic E-state index is 6.58. The molecular formula is C56H35N5O. The molecule has 0 aliphatic rings. The molecule has 4 aromatic heterocycles. The Morgan fingerprint density at radius 3 is 1.48 bits per heavy atom. The standard InChI is InChI=1S/C56H35N5O/c1-3-15-36(16-4-1)55-57-58-56(37-17-5-2-6-18-37)61(55)42-29-31-50-47(35-42)43-23-7-10-26-48(43)59(50)40-21-13-19-38(33-40)39-20-14-22-41(34-39)60-49-27-11-8-25-46(49)53-51(60)32-30-45-44-24-9-12-28-52(44)62-54(45)53/h1-35H. The third-order valence-corrected chi connectivity index (χ3v) is 12.4. The summed E-state index contributed by atoms with van der Waals surface area (Å²) in [5.41, 5.74) is 13.8. The highest BCUT2D eigenvalue weighted by Crippen LogP contribution is 2.42. The summed E-state index contributed by atoms with van der Waals surface area (Å²) < 4.78 is 13.5. The van der Waals surface area contributed by atoms with Crippen LogP contribution in [-0.4, -0.2) is 23.9 Å². The van der Waals surface area contributed by atoms with Gasteiger partial charge in [0.25, 0.3) is 0 Å². The Balaban J connectivity index is 0.952. The smallest absolute Gasteiger partial charge is 0.168 e. The molecule has 0 N–H and O–H groups in total. The van der Waals surface area contributed by atoms with E-state index in [4.69, 9.17) is 14.6 Å². The van der Waals surface area contributed by atoms with Crippen molar-refractivity contribution in [1.82, 2.24) is 23.9 Å². The average Bonchev–Trinajstić information content (AvgIpc) is 4.12. The van der Waals surface area contributed by atoms with Crippen LogP contribution >= 0.6 is 0 Å². The number of nitrogens with zero attached hydrogens (tertiary/aromatic N) is 5. The van der Waals surface area contributed by atoms with Crippen LogP contribution in [0.2, 0.25) is 0 Å². The largest absolute Gasteiger partial charge is 0.455 e. The van der Waals surface area contributed by atoms with Gasteiger partial charge in [0.2, 0.25) is 0 Å². The lowest BCUT2D eigenvalue weighted by Gasteiger charge is -2.13. The molecule has 13 aromatic rings. The second kappa shape index (κ2) is 13.5. The summed E-state index contributed by atoms with van der Waals surface area (Å²) in [7, 11) is 0. The molecule has 0 bridgehead atoms. The molecule has 4 heterocycles. The first-order valence-corrected chi connectivity index (χ1v) is 20.9. The van der Waals surface area contributed by atoms with Crippen molar-refractivity contribution in [3.8, 4) is 51.0 Å². The van der Waals surface area contributed by atoms with Crippen LogP contribution in [0, 0.1) is 0 Å². The zero-order valence-electron chi connectivity index (χ0n) is 33.4. The lowest BCUT2D eigenvalue weighted by Crippen LogP contribution is -2.01. The van der Waals surface area contributed by atoms with Crippen LogP contribution in [0.15, 0.2) is 217 Å². The zero-order valence-corrected chi connectivity index (χ0v) is 33.4. The summed E-state index contributed by atoms with van der Waals surface area (Å²) >= 11 is 0. The molecule has 6 nitrogen and oxygen atoms in total. The third kappa shape index (κ3) is 5.17. The lowest BCUT2D eigenvalue weighted by molar-refractivity contribution is 0.673. The van der Waals surface area contributed by atoms with Crippen molar-refractivity contribution >= 4 is 65.6 Å². The maximum Gasteiger partial charge on any atom is 0.168 e. The van der Waals surface area contributed by atoms with Crippen LogP contribution < -0.4 is 0 Å². The van der Waals surface area contributed by atoms with Crippen LogP contribution in [0.5, 0.6) is 0 Å². The molecular weight excluding hydrogens is 759 g/mol. The van der Waals surface area contributed by atoms with E-state index in [-0.39, 0.29) is 0 Å². The molecule has 0 unspecified atom stereocenters. The minimum Gasteiger partial charge on any atom is -0.455 e. The highest BCUT2D eigenvalue weighted by atomic mass is 16.3. The van der Waals surface area contributed by atoms with Gasteiger partial charge in [-0.05, 0) is 83.9 Å². The van der Waals surface area contributed by atoms with Crippen LogP contribution in [0.3, 0.4) is 0 Å². The number of rotatable bonds is 6. The van der Waals surface area contributed by atoms with Gasteiger partial charge in [-0.1, -0.05) is 140 Å². The fourth-order valence-electron chi connectivity index (χ4n) is 9.62. The minimum absolute atomic E-state index is 0.797. The highest BCUT2D eigenvalue weighted by Gasteiger charge is 2.21. The van der Waals surface area contributed by atoms with Crippen molar-refractivity contribution in [2.75, 3.05) is 0 Å². The number of para-hydroxylation sites is 3. The van der Waals surface area contributed by atoms with Gasteiger partial charge in [-0.2, -0.15) is 0 Å². The molecule has 290 valence electrons. The van der Waals surface area contributed by atoms with E-state index in [1.165, 1.54) is 10.8 Å². The molecule has 0 fully saturated rings. The van der Waals surface area contributed by atoms with Crippen LogP contribution in [0.25, 0.3) is 117 Å². The van der Waals surface area contributed by atoms with Gasteiger partial charge in [-0.3, -0.25) is 4.57 Å². The van der Waals surface area contributed by atoms with E-state index in [1.807, 2.05) is 42.5 Å². The molecule has 62 heavy (non-hydrogen) atoms. The van der Waals surface area contributed by atoms with Gasteiger partial charge in [-0.25, -0.2) is 0 Å². The molecule has 0 atom stereocenters. The van der Waals surface area contributed by atoms with Crippen LogP contribution in [-0.2, 0) is 0 Å². The number of hydrogen-bond donors (Lipinski definition) is 0. The Bertz CT molecular complexity index is 3810. The predicted octanol–water partition coefficient (Wildman–Crippen LogP) is 14.4. The number of benzene rings is 9. The second-order valence-corrected chi connectivity index (χ2v) is 15.9. The highest BCUT2D eigenvalue weighted by molar-refractivity contribution is 6.24. The van der Waals surface area contributed by atoms with E-state index in [0.29, 0.717) is 0 Å². The normalized spacial score (nSPS) is 11.9. The fraction of sp³-hybridized carbons (Fsp3) is 0. The van der Waals surface area contributed by atoms with Gasteiger partial charge in [0.1, 0.15) is 11.2 Å². The summed E-state index contributed by atoms with van der Waals surface area (Å²) in [4.78, 5) is 0. The van der Waals surface area contributed by atoms with Crippen molar-refractivity contribution in [3.63, 3.8) is 0 Å². The number of aromatic nitrogens is 5. The van der Waals surface area contributed by atoms with E-state index >= 15 is 0 Å². The molecule has 13 rings (SSSR count). The molecule has 0 spiro atoms. The van der Waals surface area contributed by atoms with Crippen molar-refractivity contribution in [3.05, 3.63) is 212 Å². The van der Waals surface area contributed by atoms with E-state index in [2.05, 4.69) is 184 Å². The molecule has 0 radical (unpaired) electrons. The summed E-state index contributed by atoms with van der Waals surface area (Å²) in [6.45, 7) is 0. The Labute approximate surface area is 355 Å². The van der Waals surface area contributed by atoms with E-state index in [1.54, 1.807) is 0 Å². The second-order valence-electron chi connectivity index (χ2n) is 15.9. The summed E-state index contributed by atoms with van der Waals surface area (Å²) in [6.07, 6.45) is 0. The van der Waals surface area contributed by atoms with Gasteiger partial charge < -0.3 is 13.6 Å². The number of furan rings is 1. The summed E-state index contributed by atoms with van der Waals surface area (Å²) in [5, 5.41) is 16.4. The molecule has 0 aliphatic carbocycles. The Kier molecular flexibility index (Phi) is 7.50. The van der Waals surface area contributed by atoms with E-state index in [0.717, 1.165) is 106 Å². The molecule has 0 saturated heterocycles. The minimum atomic E-state index is 0.797. The average molecular weight is 794 g/mol. The molecule has 0 amide bonds. The lowest BCUT2D eigenvalue weighted by atomic mass is 10.0. The maximum atomic E-state index is 6.58. The zero-order chi connectivity index (χ0) is 40.7. The van der Waals surface area contributed by atoms with Gasteiger partial charge in [0.05, 0.1) is 33.1 Å². The summed E-state index contributed by atoms with van der Waals surface area (Å²) in [6, 6.07) is 75.2.